The van der Waals surface area contributed by atoms with Gasteiger partial charge in [0.1, 0.15) is 0 Å². The molecule has 0 N–H and O–H groups in total. The van der Waals surface area contributed by atoms with Crippen molar-refractivity contribution >= 4 is 13.6 Å². The first kappa shape index (κ1) is 15.2. The Morgan fingerprint density at radius 1 is 1.12 bits per heavy atom. The maximum atomic E-state index is 12.0. The van der Waals surface area contributed by atoms with Gasteiger partial charge in [0.2, 0.25) is 0 Å². The van der Waals surface area contributed by atoms with Gasteiger partial charge in [-0.25, -0.2) is 9.36 Å². The fraction of sp³-hybridized carbons (Fsp3) is 0.700. The van der Waals surface area contributed by atoms with E-state index >= 15 is 0 Å². The Hall–Kier alpha value is -0.820. The van der Waals surface area contributed by atoms with Gasteiger partial charge in [-0.3, -0.25) is 9.05 Å². The number of hydrogen-bond acceptors (Lipinski definition) is 5. The minimum absolute atomic E-state index is 0.309. The van der Waals surface area contributed by atoms with Crippen molar-refractivity contribution in [1.29, 1.82) is 0 Å². The highest BCUT2D eigenvalue weighted by Crippen LogP contribution is 2.49. The van der Waals surface area contributed by atoms with Crippen LogP contribution in [-0.2, 0) is 23.1 Å². The molecule has 0 rings (SSSR count). The molecule has 0 aromatic carbocycles. The van der Waals surface area contributed by atoms with Gasteiger partial charge in [0.15, 0.2) is 0 Å². The van der Waals surface area contributed by atoms with Crippen LogP contribution in [0.25, 0.3) is 0 Å². The van der Waals surface area contributed by atoms with Crippen LogP contribution in [0.15, 0.2) is 0 Å². The summed E-state index contributed by atoms with van der Waals surface area (Å²) < 4.78 is 26.5. The summed E-state index contributed by atoms with van der Waals surface area (Å²) in [5, 5.41) is 0. The molecule has 0 unspecified atom stereocenters. The first-order chi connectivity index (χ1) is 7.29. The molecule has 0 aliphatic heterocycles. The minimum Gasteiger partial charge on any atom is -0.459 e. The number of carbonyl (C=O) groups excluding carboxylic acids is 1. The summed E-state index contributed by atoms with van der Waals surface area (Å²) >= 11 is 0. The van der Waals surface area contributed by atoms with E-state index < -0.39 is 13.6 Å². The van der Waals surface area contributed by atoms with Crippen LogP contribution >= 0.6 is 7.60 Å². The van der Waals surface area contributed by atoms with Crippen LogP contribution < -0.4 is 0 Å². The van der Waals surface area contributed by atoms with Crippen molar-refractivity contribution in [2.24, 2.45) is 0 Å². The highest BCUT2D eigenvalue weighted by atomic mass is 31.2. The smallest absolute Gasteiger partial charge is 0.406 e. The van der Waals surface area contributed by atoms with Crippen molar-refractivity contribution in [2.75, 3.05) is 7.11 Å². The quantitative estimate of drug-likeness (QED) is 0.433. The van der Waals surface area contributed by atoms with E-state index in [2.05, 4.69) is 16.3 Å². The van der Waals surface area contributed by atoms with Crippen LogP contribution in [-0.4, -0.2) is 25.3 Å². The molecule has 0 fully saturated rings. The van der Waals surface area contributed by atoms with Gasteiger partial charge in [0.05, 0.1) is 19.3 Å². The lowest BCUT2D eigenvalue weighted by molar-refractivity contribution is -0.133. The third-order valence-electron chi connectivity index (χ3n) is 1.18. The molecule has 5 nitrogen and oxygen atoms in total. The lowest BCUT2D eigenvalue weighted by Gasteiger charge is -2.17. The van der Waals surface area contributed by atoms with Crippen molar-refractivity contribution < 1.29 is 23.1 Å². The molecule has 6 heteroatoms. The molecule has 0 atom stereocenters. The number of esters is 1. The molecule has 92 valence electrons. The number of ether oxygens (including phenoxy) is 1. The zero-order valence-corrected chi connectivity index (χ0v) is 11.0. The number of carbonyl (C=O) groups is 1. The second-order valence-electron chi connectivity index (χ2n) is 3.53. The van der Waals surface area contributed by atoms with Gasteiger partial charge in [0.25, 0.3) is 0 Å². The molecule has 0 aromatic heterocycles. The third-order valence-corrected chi connectivity index (χ3v) is 2.96. The number of rotatable bonds is 4. The Morgan fingerprint density at radius 3 is 1.88 bits per heavy atom. The summed E-state index contributed by atoms with van der Waals surface area (Å²) in [5.41, 5.74) is 2.20. The highest BCUT2D eigenvalue weighted by Gasteiger charge is 2.25. The van der Waals surface area contributed by atoms with Crippen LogP contribution in [0.4, 0.5) is 0 Å². The normalized spacial score (nSPS) is 11.2. The summed E-state index contributed by atoms with van der Waals surface area (Å²) in [7, 11) is -2.37. The standard InChI is InChI=1S/C10H17O5P/c1-8(2)14-16(12,15-9(3)4)7-6-10(11)13-5/h8-9H,1-5H3. The summed E-state index contributed by atoms with van der Waals surface area (Å²) in [6.07, 6.45) is -0.618. The van der Waals surface area contributed by atoms with E-state index in [-0.39, 0.29) is 12.2 Å². The third kappa shape index (κ3) is 6.62. The molecule has 0 saturated carbocycles. The molecule has 0 spiro atoms. The maximum Gasteiger partial charge on any atom is 0.406 e. The molecule has 0 bridgehead atoms. The van der Waals surface area contributed by atoms with Gasteiger partial charge in [-0.1, -0.05) is 0 Å². The lowest BCUT2D eigenvalue weighted by Crippen LogP contribution is -2.07. The van der Waals surface area contributed by atoms with E-state index in [9.17, 15) is 9.36 Å². The van der Waals surface area contributed by atoms with Crippen LogP contribution in [0.3, 0.4) is 0 Å². The van der Waals surface area contributed by atoms with Gasteiger partial charge in [0, 0.05) is 11.6 Å². The van der Waals surface area contributed by atoms with E-state index in [0.29, 0.717) is 0 Å². The summed E-state index contributed by atoms with van der Waals surface area (Å²) in [6.45, 7) is 6.82. The molecule has 0 saturated heterocycles. The van der Waals surface area contributed by atoms with Crippen molar-refractivity contribution in [3.05, 3.63) is 0 Å². The topological polar surface area (TPSA) is 61.8 Å². The van der Waals surface area contributed by atoms with Crippen molar-refractivity contribution in [3.63, 3.8) is 0 Å². The predicted molar refractivity (Wildman–Crippen MR) is 59.8 cm³/mol. The van der Waals surface area contributed by atoms with E-state index in [0.717, 1.165) is 0 Å². The summed E-state index contributed by atoms with van der Waals surface area (Å²) in [6, 6.07) is 0. The first-order valence-corrected chi connectivity index (χ1v) is 6.41. The largest absolute Gasteiger partial charge is 0.459 e. The van der Waals surface area contributed by atoms with Gasteiger partial charge in [-0.2, -0.15) is 0 Å². The fourth-order valence-electron chi connectivity index (χ4n) is 0.798. The van der Waals surface area contributed by atoms with Crippen LogP contribution in [0.1, 0.15) is 27.7 Å². The Balaban J connectivity index is 4.84. The van der Waals surface area contributed by atoms with E-state index in [1.165, 1.54) is 7.11 Å². The second kappa shape index (κ2) is 6.70. The van der Waals surface area contributed by atoms with E-state index in [4.69, 9.17) is 9.05 Å². The van der Waals surface area contributed by atoms with Crippen LogP contribution in [0, 0.1) is 11.6 Å². The van der Waals surface area contributed by atoms with E-state index in [1.807, 2.05) is 0 Å². The highest BCUT2D eigenvalue weighted by molar-refractivity contribution is 7.59. The molecular weight excluding hydrogens is 231 g/mol. The molecule has 0 aliphatic carbocycles. The van der Waals surface area contributed by atoms with E-state index in [1.54, 1.807) is 27.7 Å². The monoisotopic (exact) mass is 248 g/mol. The Bertz CT molecular complexity index is 323. The molecule has 0 aromatic rings. The molecular formula is C10H17O5P. The molecule has 0 radical (unpaired) electrons. The van der Waals surface area contributed by atoms with Crippen LogP contribution in [0.5, 0.6) is 0 Å². The Kier molecular flexibility index (Phi) is 6.35. The number of hydrogen-bond donors (Lipinski definition) is 0. The molecule has 16 heavy (non-hydrogen) atoms. The second-order valence-corrected chi connectivity index (χ2v) is 5.17. The van der Waals surface area contributed by atoms with Gasteiger partial charge < -0.3 is 4.74 Å². The van der Waals surface area contributed by atoms with Crippen LogP contribution in [0.2, 0.25) is 0 Å². The molecule has 0 aliphatic rings. The SMILES string of the molecule is COC(=O)C#CP(=O)(OC(C)C)OC(C)C. The Labute approximate surface area is 96.0 Å². The molecule has 0 amide bonds. The number of methoxy groups -OCH3 is 1. The first-order valence-electron chi connectivity index (χ1n) is 4.87. The van der Waals surface area contributed by atoms with Gasteiger partial charge in [-0.05, 0) is 27.7 Å². The maximum absolute atomic E-state index is 12.0. The predicted octanol–water partition coefficient (Wildman–Crippen LogP) is 2.16. The molecule has 0 heterocycles. The van der Waals surface area contributed by atoms with Crippen molar-refractivity contribution in [1.82, 2.24) is 0 Å². The summed E-state index contributed by atoms with van der Waals surface area (Å²) in [5.74, 6) is 1.28. The van der Waals surface area contributed by atoms with Gasteiger partial charge >= 0.3 is 13.6 Å². The lowest BCUT2D eigenvalue weighted by atomic mass is 10.5. The zero-order chi connectivity index (χ0) is 12.8. The fourth-order valence-corrected chi connectivity index (χ4v) is 2.29. The van der Waals surface area contributed by atoms with Crippen molar-refractivity contribution in [2.45, 2.75) is 39.9 Å². The summed E-state index contributed by atoms with van der Waals surface area (Å²) in [4.78, 5) is 10.8. The average Bonchev–Trinajstić information content (AvgIpc) is 2.11. The zero-order valence-electron chi connectivity index (χ0n) is 10.1. The average molecular weight is 248 g/mol. The Morgan fingerprint density at radius 2 is 1.56 bits per heavy atom. The van der Waals surface area contributed by atoms with Crippen molar-refractivity contribution in [3.8, 4) is 11.6 Å². The minimum atomic E-state index is -3.56. The van der Waals surface area contributed by atoms with Gasteiger partial charge in [-0.15, -0.1) is 0 Å².